The Balaban J connectivity index is 2.76. The molecule has 0 saturated carbocycles. The monoisotopic (exact) mass is 361 g/mol. The molecule has 1 aromatic carbocycles. The Morgan fingerprint density at radius 2 is 1.83 bits per heavy atom. The van der Waals surface area contributed by atoms with Crippen LogP contribution in [0.25, 0.3) is 0 Å². The molecule has 5 nitrogen and oxygen atoms in total. The molecule has 0 fully saturated rings. The Bertz CT molecular complexity index is 596. The molecule has 0 aliphatic heterocycles. The van der Waals surface area contributed by atoms with Gasteiger partial charge in [-0.15, -0.1) is 0 Å². The Morgan fingerprint density at radius 1 is 1.22 bits per heavy atom. The molecule has 0 atom stereocenters. The van der Waals surface area contributed by atoms with Crippen molar-refractivity contribution in [3.8, 4) is 0 Å². The van der Waals surface area contributed by atoms with E-state index in [4.69, 9.17) is 27.9 Å². The van der Waals surface area contributed by atoms with E-state index >= 15 is 0 Å². The van der Waals surface area contributed by atoms with E-state index in [0.29, 0.717) is 16.3 Å². The number of hydrogen-bond donors (Lipinski definition) is 1. The van der Waals surface area contributed by atoms with Crippen molar-refractivity contribution in [2.75, 3.05) is 11.9 Å². The number of esters is 1. The van der Waals surface area contributed by atoms with Gasteiger partial charge in [-0.05, 0) is 32.9 Å². The summed E-state index contributed by atoms with van der Waals surface area (Å²) in [5.74, 6) is -0.721. The van der Waals surface area contributed by atoms with Crippen LogP contribution in [0.15, 0.2) is 12.1 Å². The van der Waals surface area contributed by atoms with E-state index < -0.39 is 11.6 Å². The Morgan fingerprint density at radius 3 is 2.35 bits per heavy atom. The van der Waals surface area contributed by atoms with Crippen molar-refractivity contribution < 1.29 is 19.4 Å². The molecule has 0 saturated heterocycles. The van der Waals surface area contributed by atoms with Gasteiger partial charge in [-0.25, -0.2) is 0 Å². The predicted octanol–water partition coefficient (Wildman–Crippen LogP) is 3.57. The smallest absolute Gasteiger partial charge is 0.306 e. The Kier molecular flexibility index (Phi) is 6.86. The molecule has 0 radical (unpaired) electrons. The number of hydrogen-bond acceptors (Lipinski definition) is 4. The summed E-state index contributed by atoms with van der Waals surface area (Å²) in [6, 6.07) is 3.15. The van der Waals surface area contributed by atoms with E-state index in [1.807, 2.05) is 0 Å². The van der Waals surface area contributed by atoms with Gasteiger partial charge < -0.3 is 14.7 Å². The highest BCUT2D eigenvalue weighted by Crippen LogP contribution is 2.34. The lowest BCUT2D eigenvalue weighted by atomic mass is 10.1. The maximum Gasteiger partial charge on any atom is 0.306 e. The van der Waals surface area contributed by atoms with E-state index in [0.717, 1.165) is 0 Å². The topological polar surface area (TPSA) is 66.8 Å². The molecule has 1 amide bonds. The molecular formula is C16H21Cl2NO4. The van der Waals surface area contributed by atoms with Crippen LogP contribution in [0.1, 0.15) is 39.2 Å². The van der Waals surface area contributed by atoms with Crippen LogP contribution in [0.2, 0.25) is 10.0 Å². The van der Waals surface area contributed by atoms with Crippen molar-refractivity contribution in [3.63, 3.8) is 0 Å². The van der Waals surface area contributed by atoms with Crippen molar-refractivity contribution in [3.05, 3.63) is 27.7 Å². The van der Waals surface area contributed by atoms with Crippen molar-refractivity contribution >= 4 is 40.8 Å². The second-order valence-corrected chi connectivity index (χ2v) is 6.84. The lowest BCUT2D eigenvalue weighted by Crippen LogP contribution is -2.29. The summed E-state index contributed by atoms with van der Waals surface area (Å²) in [6.45, 7) is 4.97. The summed E-state index contributed by atoms with van der Waals surface area (Å²) in [7, 11) is 1.55. The maximum atomic E-state index is 12.2. The number of carbonyl (C=O) groups is 2. The highest BCUT2D eigenvalue weighted by Gasteiger charge is 2.21. The fourth-order valence-corrected chi connectivity index (χ4v) is 2.51. The number of halogens is 2. The van der Waals surface area contributed by atoms with Crippen molar-refractivity contribution in [2.45, 2.75) is 45.8 Å². The predicted molar refractivity (Wildman–Crippen MR) is 90.9 cm³/mol. The third-order valence-corrected chi connectivity index (χ3v) is 3.80. The van der Waals surface area contributed by atoms with Gasteiger partial charge in [-0.1, -0.05) is 23.2 Å². The summed E-state index contributed by atoms with van der Waals surface area (Å²) in [5.41, 5.74) is 0.202. The van der Waals surface area contributed by atoms with Crippen LogP contribution in [0.4, 0.5) is 5.69 Å². The molecule has 0 bridgehead atoms. The Labute approximate surface area is 146 Å². The minimum absolute atomic E-state index is 0.00116. The van der Waals surface area contributed by atoms with Crippen molar-refractivity contribution in [1.29, 1.82) is 0 Å². The van der Waals surface area contributed by atoms with Crippen LogP contribution in [0, 0.1) is 0 Å². The zero-order chi connectivity index (χ0) is 17.8. The minimum Gasteiger partial charge on any atom is -0.460 e. The quantitative estimate of drug-likeness (QED) is 0.814. The first-order chi connectivity index (χ1) is 10.6. The molecular weight excluding hydrogens is 341 g/mol. The van der Waals surface area contributed by atoms with Crippen LogP contribution in [-0.2, 0) is 20.9 Å². The van der Waals surface area contributed by atoms with Crippen LogP contribution < -0.4 is 4.90 Å². The first-order valence-corrected chi connectivity index (χ1v) is 7.88. The lowest BCUT2D eigenvalue weighted by Gasteiger charge is -2.22. The summed E-state index contributed by atoms with van der Waals surface area (Å²) in [5, 5.41) is 9.84. The summed E-state index contributed by atoms with van der Waals surface area (Å²) < 4.78 is 5.16. The van der Waals surface area contributed by atoms with Crippen LogP contribution >= 0.6 is 23.2 Å². The highest BCUT2D eigenvalue weighted by molar-refractivity contribution is 6.38. The lowest BCUT2D eigenvalue weighted by molar-refractivity contribution is -0.155. The van der Waals surface area contributed by atoms with Gasteiger partial charge in [0.05, 0.1) is 23.7 Å². The largest absolute Gasteiger partial charge is 0.460 e. The normalized spacial score (nSPS) is 11.3. The SMILES string of the molecule is CN(C(=O)CCC(=O)OC(C)(C)C)c1ccc(Cl)c(CO)c1Cl. The molecule has 0 aromatic heterocycles. The number of benzene rings is 1. The van der Waals surface area contributed by atoms with Gasteiger partial charge in [0, 0.05) is 24.1 Å². The number of aliphatic hydroxyl groups excluding tert-OH is 1. The van der Waals surface area contributed by atoms with E-state index in [-0.39, 0.29) is 30.4 Å². The third-order valence-electron chi connectivity index (χ3n) is 3.02. The minimum atomic E-state index is -0.582. The third kappa shape index (κ3) is 5.68. The Hall–Kier alpha value is -1.30. The molecule has 0 heterocycles. The number of aliphatic hydroxyl groups is 1. The van der Waals surface area contributed by atoms with Gasteiger partial charge in [-0.3, -0.25) is 9.59 Å². The van der Waals surface area contributed by atoms with Crippen LogP contribution in [-0.4, -0.2) is 29.6 Å². The average Bonchev–Trinajstić information content (AvgIpc) is 2.43. The van der Waals surface area contributed by atoms with Gasteiger partial charge in [0.2, 0.25) is 5.91 Å². The van der Waals surface area contributed by atoms with Crippen LogP contribution in [0.3, 0.4) is 0 Å². The second kappa shape index (κ2) is 7.99. The van der Waals surface area contributed by atoms with E-state index in [9.17, 15) is 14.7 Å². The molecule has 1 rings (SSSR count). The standard InChI is InChI=1S/C16H21Cl2NO4/c1-16(2,3)23-14(22)8-7-13(21)19(4)12-6-5-11(17)10(9-20)15(12)18/h5-6,20H,7-9H2,1-4H3. The molecule has 128 valence electrons. The molecule has 23 heavy (non-hydrogen) atoms. The fourth-order valence-electron chi connectivity index (χ4n) is 1.89. The van der Waals surface area contributed by atoms with E-state index in [2.05, 4.69) is 0 Å². The van der Waals surface area contributed by atoms with E-state index in [1.165, 1.54) is 4.90 Å². The van der Waals surface area contributed by atoms with Crippen molar-refractivity contribution in [2.24, 2.45) is 0 Å². The molecule has 7 heteroatoms. The number of anilines is 1. The maximum absolute atomic E-state index is 12.2. The number of carbonyl (C=O) groups excluding carboxylic acids is 2. The first kappa shape index (κ1) is 19.7. The van der Waals surface area contributed by atoms with Gasteiger partial charge in [0.25, 0.3) is 0 Å². The molecule has 1 N–H and O–H groups in total. The first-order valence-electron chi connectivity index (χ1n) is 7.13. The zero-order valence-electron chi connectivity index (χ0n) is 13.7. The summed E-state index contributed by atoms with van der Waals surface area (Å²) >= 11 is 12.1. The van der Waals surface area contributed by atoms with Crippen molar-refractivity contribution in [1.82, 2.24) is 0 Å². The van der Waals surface area contributed by atoms with Gasteiger partial charge in [0.15, 0.2) is 0 Å². The zero-order valence-corrected chi connectivity index (χ0v) is 15.2. The number of amides is 1. The van der Waals surface area contributed by atoms with Gasteiger partial charge in [-0.2, -0.15) is 0 Å². The molecule has 0 spiro atoms. The molecule has 0 aliphatic rings. The number of ether oxygens (including phenoxy) is 1. The highest BCUT2D eigenvalue weighted by atomic mass is 35.5. The molecule has 0 unspecified atom stereocenters. The number of nitrogens with zero attached hydrogens (tertiary/aromatic N) is 1. The van der Waals surface area contributed by atoms with Crippen LogP contribution in [0.5, 0.6) is 0 Å². The average molecular weight is 362 g/mol. The fraction of sp³-hybridized carbons (Fsp3) is 0.500. The summed E-state index contributed by atoms with van der Waals surface area (Å²) in [6.07, 6.45) is -0.0165. The van der Waals surface area contributed by atoms with E-state index in [1.54, 1.807) is 40.0 Å². The molecule has 0 aliphatic carbocycles. The number of rotatable bonds is 5. The second-order valence-electron chi connectivity index (χ2n) is 6.06. The summed E-state index contributed by atoms with van der Waals surface area (Å²) in [4.78, 5) is 25.2. The van der Waals surface area contributed by atoms with Gasteiger partial charge in [0.1, 0.15) is 5.60 Å². The molecule has 1 aromatic rings. The van der Waals surface area contributed by atoms with Gasteiger partial charge >= 0.3 is 5.97 Å².